The van der Waals surface area contributed by atoms with Gasteiger partial charge in [0, 0.05) is 30.7 Å². The molecule has 1 fully saturated rings. The Bertz CT molecular complexity index is 980. The lowest BCUT2D eigenvalue weighted by Gasteiger charge is -2.27. The number of hydrogen-bond donors (Lipinski definition) is 1. The summed E-state index contributed by atoms with van der Waals surface area (Å²) >= 11 is 1.44. The molecule has 0 aromatic heterocycles. The molecule has 0 aliphatic carbocycles. The molecule has 29 heavy (non-hydrogen) atoms. The highest BCUT2D eigenvalue weighted by Gasteiger charge is 2.27. The number of aryl methyl sites for hydroxylation is 1. The van der Waals surface area contributed by atoms with E-state index >= 15 is 0 Å². The molecule has 150 valence electrons. The number of thioether (sulfide) groups is 1. The summed E-state index contributed by atoms with van der Waals surface area (Å²) in [5, 5.41) is 2.93. The predicted molar refractivity (Wildman–Crippen MR) is 116 cm³/mol. The molecule has 1 saturated heterocycles. The number of rotatable bonds is 4. The molecule has 5 nitrogen and oxygen atoms in total. The fourth-order valence-electron chi connectivity index (χ4n) is 3.56. The van der Waals surface area contributed by atoms with Crippen LogP contribution in [0, 0.1) is 6.92 Å². The smallest absolute Gasteiger partial charge is 0.264 e. The number of carbonyl (C=O) groups is 2. The normalized spacial score (nSPS) is 20.1. The molecule has 2 amide bonds. The third-order valence-electron chi connectivity index (χ3n) is 5.17. The number of hydrogen-bond acceptors (Lipinski definition) is 4. The number of amides is 2. The fraction of sp³-hybridized carbons (Fsp3) is 0.304. The average Bonchev–Trinajstić information content (AvgIpc) is 3.23. The molecule has 0 unspecified atom stereocenters. The summed E-state index contributed by atoms with van der Waals surface area (Å²) < 4.78 is 5.55. The van der Waals surface area contributed by atoms with Crippen LogP contribution in [0.4, 0.5) is 5.69 Å². The first-order valence-electron chi connectivity index (χ1n) is 9.79. The van der Waals surface area contributed by atoms with Crippen LogP contribution in [-0.4, -0.2) is 38.1 Å². The fourth-order valence-corrected chi connectivity index (χ4v) is 4.65. The molecule has 1 atom stereocenters. The zero-order valence-electron chi connectivity index (χ0n) is 16.6. The highest BCUT2D eigenvalue weighted by atomic mass is 32.2. The van der Waals surface area contributed by atoms with Crippen LogP contribution in [0.25, 0.3) is 6.08 Å². The lowest BCUT2D eigenvalue weighted by molar-refractivity contribution is -0.114. The summed E-state index contributed by atoms with van der Waals surface area (Å²) in [6.07, 6.45) is 4.04. The van der Waals surface area contributed by atoms with Crippen molar-refractivity contribution >= 4 is 35.3 Å². The van der Waals surface area contributed by atoms with E-state index in [0.717, 1.165) is 41.2 Å². The summed E-state index contributed by atoms with van der Waals surface area (Å²) in [4.78, 5) is 28.6. The number of benzene rings is 2. The molecule has 0 radical (unpaired) electrons. The second kappa shape index (κ2) is 8.43. The minimum absolute atomic E-state index is 0.0686. The Hall–Kier alpha value is -2.57. The van der Waals surface area contributed by atoms with Gasteiger partial charge in [-0.05, 0) is 49.6 Å². The zero-order chi connectivity index (χ0) is 20.4. The molecule has 2 aromatic carbocycles. The van der Waals surface area contributed by atoms with E-state index in [1.807, 2.05) is 43.3 Å². The van der Waals surface area contributed by atoms with Crippen molar-refractivity contribution in [3.63, 3.8) is 0 Å². The van der Waals surface area contributed by atoms with Crippen molar-refractivity contribution in [1.82, 2.24) is 5.32 Å². The lowest BCUT2D eigenvalue weighted by Crippen LogP contribution is -2.33. The largest absolute Gasteiger partial charge is 0.376 e. The molecule has 2 heterocycles. The van der Waals surface area contributed by atoms with E-state index in [1.54, 1.807) is 18.0 Å². The van der Waals surface area contributed by atoms with Crippen LogP contribution in [0.2, 0.25) is 0 Å². The number of carbonyl (C=O) groups excluding carboxylic acids is 2. The summed E-state index contributed by atoms with van der Waals surface area (Å²) in [6.45, 7) is 3.31. The highest BCUT2D eigenvalue weighted by molar-refractivity contribution is 8.04. The first kappa shape index (κ1) is 19.7. The third kappa shape index (κ3) is 4.38. The van der Waals surface area contributed by atoms with Gasteiger partial charge in [0.15, 0.2) is 0 Å². The molecule has 6 heteroatoms. The third-order valence-corrected chi connectivity index (χ3v) is 6.25. The lowest BCUT2D eigenvalue weighted by atomic mass is 10.1. The standard InChI is InChI=1S/C23H24N2O3S/c1-15-5-3-6-16(11-15)12-21-23(27)25(2)19-13-17(8-9-20(19)29-21)22(26)24-14-18-7-4-10-28-18/h3,5-6,8-9,11-13,18H,4,7,10,14H2,1-2H3,(H,24,26)/b21-12-/t18-/m0/s1. The number of nitrogens with zero attached hydrogens (tertiary/aromatic N) is 1. The topological polar surface area (TPSA) is 58.6 Å². The Morgan fingerprint density at radius 2 is 2.17 bits per heavy atom. The van der Waals surface area contributed by atoms with Crippen LogP contribution < -0.4 is 10.2 Å². The molecular formula is C23H24N2O3S. The second-order valence-electron chi connectivity index (χ2n) is 7.42. The molecule has 0 saturated carbocycles. The van der Waals surface area contributed by atoms with Crippen LogP contribution >= 0.6 is 11.8 Å². The molecule has 1 N–H and O–H groups in total. The van der Waals surface area contributed by atoms with E-state index < -0.39 is 0 Å². The van der Waals surface area contributed by atoms with E-state index in [0.29, 0.717) is 17.0 Å². The molecule has 4 rings (SSSR count). The first-order chi connectivity index (χ1) is 14.0. The van der Waals surface area contributed by atoms with Gasteiger partial charge >= 0.3 is 0 Å². The van der Waals surface area contributed by atoms with Crippen molar-refractivity contribution in [1.29, 1.82) is 0 Å². The number of ether oxygens (including phenoxy) is 1. The van der Waals surface area contributed by atoms with Gasteiger partial charge in [-0.3, -0.25) is 9.59 Å². The number of anilines is 1. The SMILES string of the molecule is Cc1cccc(/C=C2\Sc3ccc(C(=O)NC[C@@H]4CCCO4)cc3N(C)C2=O)c1. The molecule has 2 aliphatic rings. The van der Waals surface area contributed by atoms with Gasteiger partial charge in [0.1, 0.15) is 0 Å². The molecular weight excluding hydrogens is 384 g/mol. The Balaban J connectivity index is 1.53. The molecule has 0 spiro atoms. The van der Waals surface area contributed by atoms with Crippen molar-refractivity contribution in [3.8, 4) is 0 Å². The monoisotopic (exact) mass is 408 g/mol. The summed E-state index contributed by atoms with van der Waals surface area (Å²) in [6, 6.07) is 13.6. The Labute approximate surface area is 175 Å². The average molecular weight is 409 g/mol. The van der Waals surface area contributed by atoms with Crippen LogP contribution in [-0.2, 0) is 9.53 Å². The quantitative estimate of drug-likeness (QED) is 0.777. The van der Waals surface area contributed by atoms with E-state index in [9.17, 15) is 9.59 Å². The van der Waals surface area contributed by atoms with Gasteiger partial charge in [0.25, 0.3) is 11.8 Å². The Morgan fingerprint density at radius 3 is 2.93 bits per heavy atom. The minimum Gasteiger partial charge on any atom is -0.376 e. The van der Waals surface area contributed by atoms with E-state index in [-0.39, 0.29) is 17.9 Å². The van der Waals surface area contributed by atoms with Crippen molar-refractivity contribution in [2.24, 2.45) is 0 Å². The second-order valence-corrected chi connectivity index (χ2v) is 8.50. The Morgan fingerprint density at radius 1 is 1.31 bits per heavy atom. The number of likely N-dealkylation sites (N-methyl/N-ethyl adjacent to an activating group) is 1. The van der Waals surface area contributed by atoms with Crippen molar-refractivity contribution < 1.29 is 14.3 Å². The number of nitrogens with one attached hydrogen (secondary N) is 1. The predicted octanol–water partition coefficient (Wildman–Crippen LogP) is 4.01. The van der Waals surface area contributed by atoms with E-state index in [2.05, 4.69) is 11.4 Å². The van der Waals surface area contributed by atoms with Crippen LogP contribution in [0.5, 0.6) is 0 Å². The van der Waals surface area contributed by atoms with E-state index in [4.69, 9.17) is 4.74 Å². The van der Waals surface area contributed by atoms with Gasteiger partial charge in [0.05, 0.1) is 16.7 Å². The van der Waals surface area contributed by atoms with Crippen molar-refractivity contribution in [2.75, 3.05) is 25.1 Å². The maximum absolute atomic E-state index is 12.9. The maximum Gasteiger partial charge on any atom is 0.264 e. The van der Waals surface area contributed by atoms with Crippen molar-refractivity contribution in [3.05, 3.63) is 64.1 Å². The van der Waals surface area contributed by atoms with Crippen LogP contribution in [0.3, 0.4) is 0 Å². The number of fused-ring (bicyclic) bond motifs is 1. The van der Waals surface area contributed by atoms with Gasteiger partial charge < -0.3 is 15.0 Å². The van der Waals surface area contributed by atoms with Crippen LogP contribution in [0.15, 0.2) is 52.3 Å². The maximum atomic E-state index is 12.9. The summed E-state index contributed by atoms with van der Waals surface area (Å²) in [7, 11) is 1.75. The van der Waals surface area contributed by atoms with Gasteiger partial charge in [-0.1, -0.05) is 41.6 Å². The van der Waals surface area contributed by atoms with Crippen molar-refractivity contribution in [2.45, 2.75) is 30.8 Å². The Kier molecular flexibility index (Phi) is 5.74. The zero-order valence-corrected chi connectivity index (χ0v) is 17.4. The first-order valence-corrected chi connectivity index (χ1v) is 10.6. The molecule has 0 bridgehead atoms. The van der Waals surface area contributed by atoms with Gasteiger partial charge in [-0.2, -0.15) is 0 Å². The highest BCUT2D eigenvalue weighted by Crippen LogP contribution is 2.42. The van der Waals surface area contributed by atoms with Gasteiger partial charge in [0.2, 0.25) is 0 Å². The molecule has 2 aromatic rings. The van der Waals surface area contributed by atoms with Gasteiger partial charge in [-0.15, -0.1) is 0 Å². The minimum atomic E-state index is -0.143. The van der Waals surface area contributed by atoms with Gasteiger partial charge in [-0.25, -0.2) is 0 Å². The van der Waals surface area contributed by atoms with E-state index in [1.165, 1.54) is 11.8 Å². The molecule has 2 aliphatic heterocycles. The van der Waals surface area contributed by atoms with Crippen LogP contribution in [0.1, 0.15) is 34.3 Å². The summed E-state index contributed by atoms with van der Waals surface area (Å²) in [5.41, 5.74) is 3.46. The summed E-state index contributed by atoms with van der Waals surface area (Å²) in [5.74, 6) is -0.212.